The van der Waals surface area contributed by atoms with Gasteiger partial charge in [-0.05, 0) is 50.6 Å². The van der Waals surface area contributed by atoms with Gasteiger partial charge in [-0.1, -0.05) is 0 Å². The number of ether oxygens (including phenoxy) is 2. The van der Waals surface area contributed by atoms with Crippen molar-refractivity contribution in [1.29, 1.82) is 0 Å². The molecule has 1 fully saturated rings. The number of alkyl halides is 2. The number of carbonyl (C=O) groups is 1. The third-order valence-corrected chi connectivity index (χ3v) is 3.97. The second kappa shape index (κ2) is 9.54. The molecule has 0 saturated carbocycles. The highest BCUT2D eigenvalue weighted by atomic mass is 19.3. The van der Waals surface area contributed by atoms with E-state index in [0.717, 1.165) is 32.4 Å². The molecule has 1 aliphatic heterocycles. The van der Waals surface area contributed by atoms with Crippen molar-refractivity contribution >= 4 is 5.91 Å². The molecular weight excluding hydrogens is 318 g/mol. The van der Waals surface area contributed by atoms with E-state index in [4.69, 9.17) is 4.74 Å². The Kier molecular flexibility index (Phi) is 7.39. The highest BCUT2D eigenvalue weighted by Crippen LogP contribution is 2.15. The van der Waals surface area contributed by atoms with Crippen LogP contribution in [0.25, 0.3) is 0 Å². The molecule has 5 nitrogen and oxygen atoms in total. The molecule has 7 heteroatoms. The fourth-order valence-corrected chi connectivity index (χ4v) is 2.57. The molecule has 0 atom stereocenters. The third kappa shape index (κ3) is 6.41. The maximum Gasteiger partial charge on any atom is 0.387 e. The van der Waals surface area contributed by atoms with Crippen LogP contribution in [0.1, 0.15) is 29.6 Å². The summed E-state index contributed by atoms with van der Waals surface area (Å²) in [6.45, 7) is 0.393. The average molecular weight is 342 g/mol. The Morgan fingerprint density at radius 2 is 1.96 bits per heavy atom. The Labute approximate surface area is 140 Å². The van der Waals surface area contributed by atoms with E-state index in [9.17, 15) is 13.6 Å². The number of benzene rings is 1. The zero-order chi connectivity index (χ0) is 17.4. The van der Waals surface area contributed by atoms with Crippen LogP contribution in [0, 0.1) is 0 Å². The first-order valence-electron chi connectivity index (χ1n) is 8.18. The van der Waals surface area contributed by atoms with Crippen molar-refractivity contribution < 1.29 is 23.0 Å². The van der Waals surface area contributed by atoms with E-state index >= 15 is 0 Å². The van der Waals surface area contributed by atoms with E-state index < -0.39 is 6.61 Å². The standard InChI is InChI=1S/C17H24F2N2O3/c1-21-10-7-14(8-11-21)23-12-2-9-20-16(22)13-3-5-15(6-4-13)24-17(18)19/h3-6,14,17H,2,7-12H2,1H3,(H,20,22). The Balaban J connectivity index is 1.61. The summed E-state index contributed by atoms with van der Waals surface area (Å²) in [5.74, 6) is -0.203. The normalized spacial score (nSPS) is 16.3. The van der Waals surface area contributed by atoms with E-state index in [1.165, 1.54) is 24.3 Å². The van der Waals surface area contributed by atoms with Gasteiger partial charge < -0.3 is 19.7 Å². The fourth-order valence-electron chi connectivity index (χ4n) is 2.57. The summed E-state index contributed by atoms with van der Waals surface area (Å²) < 4.78 is 34.2. The van der Waals surface area contributed by atoms with E-state index in [-0.39, 0.29) is 11.7 Å². The van der Waals surface area contributed by atoms with E-state index in [1.807, 2.05) is 0 Å². The number of nitrogens with one attached hydrogen (secondary N) is 1. The van der Waals surface area contributed by atoms with Crippen LogP contribution in [0.2, 0.25) is 0 Å². The lowest BCUT2D eigenvalue weighted by Crippen LogP contribution is -2.34. The fraction of sp³-hybridized carbons (Fsp3) is 0.588. The number of hydrogen-bond donors (Lipinski definition) is 1. The number of carbonyl (C=O) groups excluding carboxylic acids is 1. The van der Waals surface area contributed by atoms with Gasteiger partial charge in [0.05, 0.1) is 6.10 Å². The van der Waals surface area contributed by atoms with Gasteiger partial charge in [-0.25, -0.2) is 0 Å². The second-order valence-electron chi connectivity index (χ2n) is 5.89. The summed E-state index contributed by atoms with van der Waals surface area (Å²) in [5, 5.41) is 2.79. The van der Waals surface area contributed by atoms with Gasteiger partial charge in [-0.2, -0.15) is 8.78 Å². The molecule has 0 aliphatic carbocycles. The number of piperidine rings is 1. The molecular formula is C17H24F2N2O3. The SMILES string of the molecule is CN1CCC(OCCCNC(=O)c2ccc(OC(F)F)cc2)CC1. The van der Waals surface area contributed by atoms with Gasteiger partial charge >= 0.3 is 6.61 Å². The second-order valence-corrected chi connectivity index (χ2v) is 5.89. The van der Waals surface area contributed by atoms with E-state index in [0.29, 0.717) is 24.8 Å². The van der Waals surface area contributed by atoms with Crippen LogP contribution >= 0.6 is 0 Å². The predicted molar refractivity (Wildman–Crippen MR) is 86.5 cm³/mol. The van der Waals surface area contributed by atoms with Crippen molar-refractivity contribution in [2.45, 2.75) is 32.0 Å². The maximum absolute atomic E-state index is 12.1. The minimum absolute atomic E-state index is 0.0353. The van der Waals surface area contributed by atoms with E-state index in [2.05, 4.69) is 22.0 Å². The molecule has 0 aromatic heterocycles. The van der Waals surface area contributed by atoms with Crippen LogP contribution < -0.4 is 10.1 Å². The number of nitrogens with zero attached hydrogens (tertiary/aromatic N) is 1. The molecule has 1 N–H and O–H groups in total. The van der Waals surface area contributed by atoms with Crippen LogP contribution in [0.5, 0.6) is 5.75 Å². The molecule has 0 unspecified atom stereocenters. The molecule has 0 spiro atoms. The van der Waals surface area contributed by atoms with Crippen LogP contribution in [-0.4, -0.2) is 56.8 Å². The zero-order valence-electron chi connectivity index (χ0n) is 13.8. The molecule has 1 amide bonds. The highest BCUT2D eigenvalue weighted by molar-refractivity contribution is 5.94. The van der Waals surface area contributed by atoms with Gasteiger partial charge in [0, 0.05) is 31.8 Å². The summed E-state index contributed by atoms with van der Waals surface area (Å²) in [6, 6.07) is 5.62. The molecule has 1 heterocycles. The number of amides is 1. The predicted octanol–water partition coefficient (Wildman–Crippen LogP) is 2.52. The summed E-state index contributed by atoms with van der Waals surface area (Å²) in [4.78, 5) is 14.2. The smallest absolute Gasteiger partial charge is 0.387 e. The van der Waals surface area contributed by atoms with Crippen molar-refractivity contribution in [3.63, 3.8) is 0 Å². The molecule has 2 rings (SSSR count). The Morgan fingerprint density at radius 1 is 1.29 bits per heavy atom. The molecule has 0 bridgehead atoms. The quantitative estimate of drug-likeness (QED) is 0.738. The third-order valence-electron chi connectivity index (χ3n) is 3.97. The van der Waals surface area contributed by atoms with Crippen LogP contribution in [0.3, 0.4) is 0 Å². The largest absolute Gasteiger partial charge is 0.435 e. The topological polar surface area (TPSA) is 50.8 Å². The number of likely N-dealkylation sites (tertiary alicyclic amines) is 1. The lowest BCUT2D eigenvalue weighted by molar-refractivity contribution is -0.0498. The molecule has 1 aromatic rings. The number of rotatable bonds is 8. The van der Waals surface area contributed by atoms with Crippen LogP contribution in [0.4, 0.5) is 8.78 Å². The lowest BCUT2D eigenvalue weighted by Gasteiger charge is -2.28. The first-order valence-corrected chi connectivity index (χ1v) is 8.18. The molecule has 1 aromatic carbocycles. The molecule has 1 saturated heterocycles. The lowest BCUT2D eigenvalue weighted by atomic mass is 10.1. The van der Waals surface area contributed by atoms with Crippen LogP contribution in [0.15, 0.2) is 24.3 Å². The van der Waals surface area contributed by atoms with Crippen molar-refractivity contribution in [1.82, 2.24) is 10.2 Å². The molecule has 1 aliphatic rings. The Bertz CT molecular complexity index is 503. The van der Waals surface area contributed by atoms with Crippen molar-refractivity contribution in [2.75, 3.05) is 33.3 Å². The molecule has 134 valence electrons. The zero-order valence-corrected chi connectivity index (χ0v) is 13.8. The van der Waals surface area contributed by atoms with Gasteiger partial charge in [0.25, 0.3) is 5.91 Å². The van der Waals surface area contributed by atoms with Crippen molar-refractivity contribution in [3.8, 4) is 5.75 Å². The van der Waals surface area contributed by atoms with Gasteiger partial charge in [0.2, 0.25) is 0 Å². The number of hydrogen-bond acceptors (Lipinski definition) is 4. The molecule has 24 heavy (non-hydrogen) atoms. The van der Waals surface area contributed by atoms with Crippen molar-refractivity contribution in [3.05, 3.63) is 29.8 Å². The van der Waals surface area contributed by atoms with Gasteiger partial charge in [0.1, 0.15) is 5.75 Å². The van der Waals surface area contributed by atoms with E-state index in [1.54, 1.807) is 0 Å². The average Bonchev–Trinajstić information content (AvgIpc) is 2.56. The van der Waals surface area contributed by atoms with Gasteiger partial charge in [-0.15, -0.1) is 0 Å². The summed E-state index contributed by atoms with van der Waals surface area (Å²) in [6.07, 6.45) is 3.16. The minimum atomic E-state index is -2.87. The summed E-state index contributed by atoms with van der Waals surface area (Å²) in [7, 11) is 2.11. The highest BCUT2D eigenvalue weighted by Gasteiger charge is 2.16. The first-order chi connectivity index (χ1) is 11.5. The first kappa shape index (κ1) is 18.6. The van der Waals surface area contributed by atoms with Gasteiger partial charge in [0.15, 0.2) is 0 Å². The molecule has 0 radical (unpaired) electrons. The Hall–Kier alpha value is -1.73. The summed E-state index contributed by atoms with van der Waals surface area (Å²) in [5.41, 5.74) is 0.410. The number of halogens is 2. The maximum atomic E-state index is 12.1. The van der Waals surface area contributed by atoms with Crippen molar-refractivity contribution in [2.24, 2.45) is 0 Å². The summed E-state index contributed by atoms with van der Waals surface area (Å²) >= 11 is 0. The minimum Gasteiger partial charge on any atom is -0.435 e. The monoisotopic (exact) mass is 342 g/mol. The Morgan fingerprint density at radius 3 is 2.58 bits per heavy atom. The van der Waals surface area contributed by atoms with Crippen LogP contribution in [-0.2, 0) is 4.74 Å². The van der Waals surface area contributed by atoms with Gasteiger partial charge in [-0.3, -0.25) is 4.79 Å².